The zero-order chi connectivity index (χ0) is 8.43. The summed E-state index contributed by atoms with van der Waals surface area (Å²) in [5.74, 6) is -0.0494. The van der Waals surface area contributed by atoms with Gasteiger partial charge in [0.05, 0.1) is 5.69 Å². The molecule has 0 saturated carbocycles. The molecule has 0 bridgehead atoms. The number of phenols is 1. The highest BCUT2D eigenvalue weighted by molar-refractivity contribution is 5.95. The Morgan fingerprint density at radius 1 is 1.50 bits per heavy atom. The van der Waals surface area contributed by atoms with Crippen molar-refractivity contribution < 1.29 is 9.90 Å². The van der Waals surface area contributed by atoms with Gasteiger partial charge in [0.25, 0.3) is 0 Å². The number of nitrogens with two attached hydrogens (primary N) is 1. The molecule has 4 heteroatoms. The normalized spacial score (nSPS) is 8.75. The fourth-order valence-corrected chi connectivity index (χ4v) is 0.774. The van der Waals surface area contributed by atoms with Crippen LogP contribution in [0.25, 0.3) is 0 Å². The smallest absolute Gasteiger partial charge is 0.159 e. The fourth-order valence-electron chi connectivity index (χ4n) is 0.774. The summed E-state index contributed by atoms with van der Waals surface area (Å²) in [6.07, 6.45) is 0. The predicted octanol–water partition coefficient (Wildman–Crippen LogP) is 1.60. The molecule has 66 valence electrons. The Balaban J connectivity index is 0.00000121. The molecule has 12 heavy (non-hydrogen) atoms. The van der Waals surface area contributed by atoms with Crippen LogP contribution in [-0.4, -0.2) is 10.9 Å². The molecule has 1 aromatic rings. The van der Waals surface area contributed by atoms with E-state index < -0.39 is 0 Å². The topological polar surface area (TPSA) is 63.3 Å². The number of halogens is 1. The third-order valence-corrected chi connectivity index (χ3v) is 1.43. The van der Waals surface area contributed by atoms with Crippen LogP contribution in [0.1, 0.15) is 17.3 Å². The largest absolute Gasteiger partial charge is 0.506 e. The second kappa shape index (κ2) is 3.97. The first-order valence-corrected chi connectivity index (χ1v) is 3.20. The van der Waals surface area contributed by atoms with Crippen molar-refractivity contribution in [1.82, 2.24) is 0 Å². The zero-order valence-corrected chi connectivity index (χ0v) is 7.39. The minimum Gasteiger partial charge on any atom is -0.506 e. The highest BCUT2D eigenvalue weighted by atomic mass is 35.5. The molecule has 0 amide bonds. The van der Waals surface area contributed by atoms with Crippen LogP contribution in [0.2, 0.25) is 0 Å². The quantitative estimate of drug-likeness (QED) is 0.399. The van der Waals surface area contributed by atoms with Crippen LogP contribution in [0.15, 0.2) is 18.2 Å². The molecule has 0 fully saturated rings. The third kappa shape index (κ3) is 2.13. The lowest BCUT2D eigenvalue weighted by Gasteiger charge is -1.99. The number of phenolic OH excluding ortho intramolecular Hbond substituents is 1. The number of hydrogen-bond donors (Lipinski definition) is 2. The molecule has 3 nitrogen and oxygen atoms in total. The zero-order valence-electron chi connectivity index (χ0n) is 6.57. The van der Waals surface area contributed by atoms with E-state index in [1.54, 1.807) is 0 Å². The number of anilines is 1. The average Bonchev–Trinajstić information content (AvgIpc) is 1.94. The van der Waals surface area contributed by atoms with Gasteiger partial charge in [-0.05, 0) is 25.1 Å². The van der Waals surface area contributed by atoms with Crippen LogP contribution in [0.3, 0.4) is 0 Å². The van der Waals surface area contributed by atoms with E-state index in [1.807, 2.05) is 0 Å². The van der Waals surface area contributed by atoms with Gasteiger partial charge in [-0.15, -0.1) is 12.4 Å². The minimum absolute atomic E-state index is 0. The molecule has 0 atom stereocenters. The van der Waals surface area contributed by atoms with Gasteiger partial charge in [0, 0.05) is 5.56 Å². The maximum atomic E-state index is 10.8. The van der Waals surface area contributed by atoms with E-state index in [2.05, 4.69) is 0 Å². The van der Waals surface area contributed by atoms with Gasteiger partial charge in [-0.1, -0.05) is 0 Å². The van der Waals surface area contributed by atoms with Crippen molar-refractivity contribution in [2.24, 2.45) is 0 Å². The second-order valence-corrected chi connectivity index (χ2v) is 2.33. The van der Waals surface area contributed by atoms with Crippen molar-refractivity contribution in [1.29, 1.82) is 0 Å². The van der Waals surface area contributed by atoms with Crippen molar-refractivity contribution in [3.63, 3.8) is 0 Å². The molecule has 0 aliphatic carbocycles. The summed E-state index contributed by atoms with van der Waals surface area (Å²) in [4.78, 5) is 10.8. The molecule has 0 spiro atoms. The lowest BCUT2D eigenvalue weighted by atomic mass is 10.1. The lowest BCUT2D eigenvalue weighted by molar-refractivity contribution is 0.101. The number of carbonyl (C=O) groups excluding carboxylic acids is 1. The Hall–Kier alpha value is -1.22. The number of nitrogen functional groups attached to an aromatic ring is 1. The van der Waals surface area contributed by atoms with Gasteiger partial charge in [0.1, 0.15) is 5.75 Å². The van der Waals surface area contributed by atoms with Crippen LogP contribution in [0.4, 0.5) is 5.69 Å². The maximum absolute atomic E-state index is 10.8. The standard InChI is InChI=1S/C8H9NO2.ClH/c1-5(10)6-2-3-8(11)7(9)4-6;/h2-4,11H,9H2,1H3;1H. The Morgan fingerprint density at radius 2 is 2.08 bits per heavy atom. The SMILES string of the molecule is CC(=O)c1ccc(O)c(N)c1.Cl. The number of hydrogen-bond acceptors (Lipinski definition) is 3. The molecule has 1 rings (SSSR count). The van der Waals surface area contributed by atoms with E-state index in [9.17, 15) is 4.79 Å². The summed E-state index contributed by atoms with van der Waals surface area (Å²) in [7, 11) is 0. The Bertz CT molecular complexity index is 299. The molecular formula is C8H10ClNO2. The Kier molecular flexibility index (Phi) is 3.57. The summed E-state index contributed by atoms with van der Waals surface area (Å²) < 4.78 is 0. The second-order valence-electron chi connectivity index (χ2n) is 2.33. The van der Waals surface area contributed by atoms with E-state index in [0.717, 1.165) is 0 Å². The van der Waals surface area contributed by atoms with Gasteiger partial charge in [-0.2, -0.15) is 0 Å². The van der Waals surface area contributed by atoms with Crippen LogP contribution in [0, 0.1) is 0 Å². The summed E-state index contributed by atoms with van der Waals surface area (Å²) in [6.45, 7) is 1.45. The fraction of sp³-hybridized carbons (Fsp3) is 0.125. The number of rotatable bonds is 1. The molecule has 0 radical (unpaired) electrons. The Labute approximate surface area is 76.6 Å². The van der Waals surface area contributed by atoms with Gasteiger partial charge < -0.3 is 10.8 Å². The highest BCUT2D eigenvalue weighted by Gasteiger charge is 2.01. The number of ketones is 1. The monoisotopic (exact) mass is 187 g/mol. The molecule has 0 aromatic heterocycles. The van der Waals surface area contributed by atoms with Gasteiger partial charge in [0.15, 0.2) is 5.78 Å². The van der Waals surface area contributed by atoms with Crippen molar-refractivity contribution in [3.8, 4) is 5.75 Å². The van der Waals surface area contributed by atoms with E-state index in [4.69, 9.17) is 10.8 Å². The average molecular weight is 188 g/mol. The maximum Gasteiger partial charge on any atom is 0.159 e. The number of carbonyl (C=O) groups is 1. The molecular weight excluding hydrogens is 178 g/mol. The van der Waals surface area contributed by atoms with E-state index >= 15 is 0 Å². The van der Waals surface area contributed by atoms with E-state index in [1.165, 1.54) is 25.1 Å². The number of aromatic hydroxyl groups is 1. The third-order valence-electron chi connectivity index (χ3n) is 1.43. The van der Waals surface area contributed by atoms with Crippen LogP contribution in [-0.2, 0) is 0 Å². The summed E-state index contributed by atoms with van der Waals surface area (Å²) in [5.41, 5.74) is 6.10. The van der Waals surface area contributed by atoms with Crippen molar-refractivity contribution in [3.05, 3.63) is 23.8 Å². The first-order chi connectivity index (χ1) is 5.11. The first-order valence-electron chi connectivity index (χ1n) is 3.20. The molecule has 0 aliphatic rings. The van der Waals surface area contributed by atoms with Crippen LogP contribution < -0.4 is 5.73 Å². The molecule has 0 unspecified atom stereocenters. The van der Waals surface area contributed by atoms with Crippen molar-refractivity contribution in [2.75, 3.05) is 5.73 Å². The summed E-state index contributed by atoms with van der Waals surface area (Å²) in [6, 6.07) is 4.40. The molecule has 3 N–H and O–H groups in total. The predicted molar refractivity (Wildman–Crippen MR) is 49.8 cm³/mol. The van der Waals surface area contributed by atoms with Crippen LogP contribution >= 0.6 is 12.4 Å². The van der Waals surface area contributed by atoms with Gasteiger partial charge >= 0.3 is 0 Å². The van der Waals surface area contributed by atoms with E-state index in [-0.39, 0.29) is 29.6 Å². The van der Waals surface area contributed by atoms with E-state index in [0.29, 0.717) is 5.56 Å². The van der Waals surface area contributed by atoms with Crippen molar-refractivity contribution >= 4 is 23.9 Å². The highest BCUT2D eigenvalue weighted by Crippen LogP contribution is 2.20. The molecule has 0 saturated heterocycles. The van der Waals surface area contributed by atoms with Gasteiger partial charge in [-0.3, -0.25) is 4.79 Å². The Morgan fingerprint density at radius 3 is 2.50 bits per heavy atom. The molecule has 1 aromatic carbocycles. The summed E-state index contributed by atoms with van der Waals surface area (Å²) >= 11 is 0. The minimum atomic E-state index is -0.0586. The first kappa shape index (κ1) is 10.8. The van der Waals surface area contributed by atoms with Gasteiger partial charge in [0.2, 0.25) is 0 Å². The summed E-state index contributed by atoms with van der Waals surface area (Å²) in [5, 5.41) is 8.99. The van der Waals surface area contributed by atoms with Crippen molar-refractivity contribution in [2.45, 2.75) is 6.92 Å². The number of benzene rings is 1. The molecule has 0 aliphatic heterocycles. The van der Waals surface area contributed by atoms with Gasteiger partial charge in [-0.25, -0.2) is 0 Å². The molecule has 0 heterocycles. The van der Waals surface area contributed by atoms with Crippen LogP contribution in [0.5, 0.6) is 5.75 Å². The lowest BCUT2D eigenvalue weighted by Crippen LogP contribution is -1.94. The number of Topliss-reactive ketones (excluding diaryl/α,β-unsaturated/α-hetero) is 1.